The van der Waals surface area contributed by atoms with Gasteiger partial charge in [-0.2, -0.15) is 18.2 Å². The lowest BCUT2D eigenvalue weighted by Gasteiger charge is -2.36. The van der Waals surface area contributed by atoms with Crippen molar-refractivity contribution in [3.63, 3.8) is 0 Å². The van der Waals surface area contributed by atoms with Gasteiger partial charge in [-0.25, -0.2) is 4.98 Å². The Bertz CT molecular complexity index is 456. The third-order valence-electron chi connectivity index (χ3n) is 2.76. The zero-order chi connectivity index (χ0) is 14.2. The molecule has 1 fully saturated rings. The first-order valence-corrected chi connectivity index (χ1v) is 5.88. The predicted molar refractivity (Wildman–Crippen MR) is 63.7 cm³/mol. The highest BCUT2D eigenvalue weighted by Gasteiger charge is 2.34. The fourth-order valence-electron chi connectivity index (χ4n) is 2.12. The Morgan fingerprint density at radius 3 is 2.37 bits per heavy atom. The van der Waals surface area contributed by atoms with Gasteiger partial charge < -0.3 is 15.4 Å². The summed E-state index contributed by atoms with van der Waals surface area (Å²) < 4.78 is 43.6. The van der Waals surface area contributed by atoms with E-state index in [9.17, 15) is 13.2 Å². The average Bonchev–Trinajstić information content (AvgIpc) is 2.25. The minimum absolute atomic E-state index is 0.0747. The van der Waals surface area contributed by atoms with Crippen molar-refractivity contribution in [3.8, 4) is 0 Å². The highest BCUT2D eigenvalue weighted by molar-refractivity contribution is 5.44. The summed E-state index contributed by atoms with van der Waals surface area (Å²) in [7, 11) is 0. The van der Waals surface area contributed by atoms with Gasteiger partial charge in [0.05, 0.1) is 12.2 Å². The highest BCUT2D eigenvalue weighted by atomic mass is 19.4. The van der Waals surface area contributed by atoms with Crippen molar-refractivity contribution in [2.24, 2.45) is 0 Å². The molecule has 2 rings (SSSR count). The van der Waals surface area contributed by atoms with Gasteiger partial charge in [0.25, 0.3) is 0 Å². The van der Waals surface area contributed by atoms with Crippen molar-refractivity contribution in [2.45, 2.75) is 32.2 Å². The summed E-state index contributed by atoms with van der Waals surface area (Å²) in [5, 5.41) is 0. The Balaban J connectivity index is 2.31. The number of rotatable bonds is 1. The van der Waals surface area contributed by atoms with Crippen LogP contribution in [0.1, 0.15) is 19.5 Å². The van der Waals surface area contributed by atoms with Gasteiger partial charge in [0, 0.05) is 19.2 Å². The van der Waals surface area contributed by atoms with E-state index >= 15 is 0 Å². The monoisotopic (exact) mass is 276 g/mol. The van der Waals surface area contributed by atoms with Gasteiger partial charge in [-0.3, -0.25) is 0 Å². The number of nitrogen functional groups attached to an aromatic ring is 1. The molecule has 0 spiro atoms. The molecular weight excluding hydrogens is 261 g/mol. The van der Waals surface area contributed by atoms with E-state index in [1.165, 1.54) is 0 Å². The fraction of sp³-hybridized carbons (Fsp3) is 0.636. The summed E-state index contributed by atoms with van der Waals surface area (Å²) >= 11 is 0. The normalized spacial score (nSPS) is 24.6. The van der Waals surface area contributed by atoms with E-state index in [0.717, 1.165) is 6.07 Å². The minimum Gasteiger partial charge on any atom is -0.372 e. The first-order chi connectivity index (χ1) is 8.75. The Kier molecular flexibility index (Phi) is 3.53. The van der Waals surface area contributed by atoms with Crippen LogP contribution in [0, 0.1) is 0 Å². The van der Waals surface area contributed by atoms with E-state index < -0.39 is 11.9 Å². The molecule has 1 saturated heterocycles. The van der Waals surface area contributed by atoms with Crippen LogP contribution in [-0.4, -0.2) is 35.3 Å². The minimum atomic E-state index is -4.53. The van der Waals surface area contributed by atoms with Crippen LogP contribution in [0.4, 0.5) is 24.9 Å². The zero-order valence-corrected chi connectivity index (χ0v) is 10.6. The Labute approximate surface area is 108 Å². The molecule has 1 aliphatic heterocycles. The molecule has 106 valence electrons. The van der Waals surface area contributed by atoms with E-state index in [0.29, 0.717) is 13.1 Å². The number of ether oxygens (including phenoxy) is 1. The number of nitrogens with two attached hydrogens (primary N) is 1. The molecule has 0 saturated carbocycles. The number of aromatic nitrogens is 2. The van der Waals surface area contributed by atoms with E-state index in [1.54, 1.807) is 4.90 Å². The summed E-state index contributed by atoms with van der Waals surface area (Å²) in [4.78, 5) is 8.83. The number of morpholine rings is 1. The summed E-state index contributed by atoms with van der Waals surface area (Å²) in [6.45, 7) is 4.66. The van der Waals surface area contributed by atoms with Gasteiger partial charge in [-0.15, -0.1) is 0 Å². The molecule has 8 heteroatoms. The second-order valence-electron chi connectivity index (χ2n) is 4.63. The number of hydrogen-bond acceptors (Lipinski definition) is 5. The lowest BCUT2D eigenvalue weighted by atomic mass is 10.2. The SMILES string of the molecule is CC1CN(c2cc(C(F)(F)F)nc(N)n2)CC(C)O1. The standard InChI is InChI=1S/C11H15F3N4O/c1-6-4-18(5-7(2)19-6)9-3-8(11(12,13)14)16-10(15)17-9/h3,6-7H,4-5H2,1-2H3,(H2,15,16,17). The predicted octanol–water partition coefficient (Wildman–Crippen LogP) is 1.69. The van der Waals surface area contributed by atoms with Gasteiger partial charge in [-0.1, -0.05) is 0 Å². The number of hydrogen-bond donors (Lipinski definition) is 1. The quantitative estimate of drug-likeness (QED) is 0.845. The van der Waals surface area contributed by atoms with Crippen molar-refractivity contribution < 1.29 is 17.9 Å². The average molecular weight is 276 g/mol. The van der Waals surface area contributed by atoms with Gasteiger partial charge in [0.15, 0.2) is 5.69 Å². The molecule has 0 bridgehead atoms. The van der Waals surface area contributed by atoms with E-state index in [4.69, 9.17) is 10.5 Å². The zero-order valence-electron chi connectivity index (χ0n) is 10.6. The Morgan fingerprint density at radius 2 is 1.84 bits per heavy atom. The van der Waals surface area contributed by atoms with Crippen molar-refractivity contribution in [3.05, 3.63) is 11.8 Å². The van der Waals surface area contributed by atoms with Crippen LogP contribution in [0.5, 0.6) is 0 Å². The van der Waals surface area contributed by atoms with E-state index in [-0.39, 0.29) is 24.0 Å². The van der Waals surface area contributed by atoms with Gasteiger partial charge >= 0.3 is 6.18 Å². The van der Waals surface area contributed by atoms with Crippen LogP contribution < -0.4 is 10.6 Å². The van der Waals surface area contributed by atoms with Crippen LogP contribution in [0.25, 0.3) is 0 Å². The van der Waals surface area contributed by atoms with Crippen molar-refractivity contribution in [1.82, 2.24) is 9.97 Å². The molecule has 0 aromatic carbocycles. The lowest BCUT2D eigenvalue weighted by molar-refractivity contribution is -0.141. The second kappa shape index (κ2) is 4.84. The summed E-state index contributed by atoms with van der Waals surface area (Å²) in [5.74, 6) is -0.196. The molecule has 5 nitrogen and oxygen atoms in total. The maximum Gasteiger partial charge on any atom is 0.433 e. The Morgan fingerprint density at radius 1 is 1.26 bits per heavy atom. The fourth-order valence-corrected chi connectivity index (χ4v) is 2.12. The molecule has 1 aromatic rings. The van der Waals surface area contributed by atoms with Crippen LogP contribution in [-0.2, 0) is 10.9 Å². The number of halogens is 3. The van der Waals surface area contributed by atoms with Gasteiger partial charge in [-0.05, 0) is 13.8 Å². The maximum atomic E-state index is 12.7. The molecule has 2 N–H and O–H groups in total. The number of anilines is 2. The first kappa shape index (κ1) is 13.9. The second-order valence-corrected chi connectivity index (χ2v) is 4.63. The number of nitrogens with zero attached hydrogens (tertiary/aromatic N) is 3. The van der Waals surface area contributed by atoms with Crippen molar-refractivity contribution in [2.75, 3.05) is 23.7 Å². The van der Waals surface area contributed by atoms with Crippen LogP contribution in [0.3, 0.4) is 0 Å². The number of alkyl halides is 3. The third kappa shape index (κ3) is 3.25. The maximum absolute atomic E-state index is 12.7. The molecule has 1 aliphatic rings. The van der Waals surface area contributed by atoms with E-state index in [1.807, 2.05) is 13.8 Å². The smallest absolute Gasteiger partial charge is 0.372 e. The molecule has 0 amide bonds. The molecule has 2 unspecified atom stereocenters. The lowest BCUT2D eigenvalue weighted by Crippen LogP contribution is -2.46. The topological polar surface area (TPSA) is 64.3 Å². The largest absolute Gasteiger partial charge is 0.433 e. The molecule has 1 aromatic heterocycles. The summed E-state index contributed by atoms with van der Waals surface area (Å²) in [5.41, 5.74) is 4.33. The molecular formula is C11H15F3N4O. The van der Waals surface area contributed by atoms with E-state index in [2.05, 4.69) is 9.97 Å². The van der Waals surface area contributed by atoms with Crippen LogP contribution in [0.2, 0.25) is 0 Å². The van der Waals surface area contributed by atoms with Crippen LogP contribution in [0.15, 0.2) is 6.07 Å². The molecule has 19 heavy (non-hydrogen) atoms. The Hall–Kier alpha value is -1.57. The van der Waals surface area contributed by atoms with Crippen LogP contribution >= 0.6 is 0 Å². The molecule has 2 atom stereocenters. The highest BCUT2D eigenvalue weighted by Crippen LogP contribution is 2.30. The summed E-state index contributed by atoms with van der Waals surface area (Å²) in [6.07, 6.45) is -4.68. The molecule has 0 aliphatic carbocycles. The first-order valence-electron chi connectivity index (χ1n) is 5.88. The molecule has 2 heterocycles. The molecule has 0 radical (unpaired) electrons. The van der Waals surface area contributed by atoms with Crippen molar-refractivity contribution in [1.29, 1.82) is 0 Å². The third-order valence-corrected chi connectivity index (χ3v) is 2.76. The van der Waals surface area contributed by atoms with Gasteiger partial charge in [0.2, 0.25) is 5.95 Å². The summed E-state index contributed by atoms with van der Waals surface area (Å²) in [6, 6.07) is 0.918. The van der Waals surface area contributed by atoms with Gasteiger partial charge in [0.1, 0.15) is 5.82 Å². The van der Waals surface area contributed by atoms with Crippen molar-refractivity contribution >= 4 is 11.8 Å².